The zero-order valence-electron chi connectivity index (χ0n) is 11.2. The lowest BCUT2D eigenvalue weighted by molar-refractivity contribution is 0.438. The van der Waals surface area contributed by atoms with Gasteiger partial charge in [0.05, 0.1) is 0 Å². The van der Waals surface area contributed by atoms with Gasteiger partial charge in [-0.2, -0.15) is 0 Å². The molecule has 0 bridgehead atoms. The first-order valence-corrected chi connectivity index (χ1v) is 7.17. The molecule has 1 atom stereocenters. The Labute approximate surface area is 109 Å². The van der Waals surface area contributed by atoms with Crippen LogP contribution in [0.25, 0.3) is 0 Å². The van der Waals surface area contributed by atoms with Gasteiger partial charge in [0.2, 0.25) is 5.95 Å². The summed E-state index contributed by atoms with van der Waals surface area (Å²) in [7, 11) is 0. The molecule has 4 heteroatoms. The number of nitrogens with zero attached hydrogens (tertiary/aromatic N) is 3. The van der Waals surface area contributed by atoms with Gasteiger partial charge < -0.3 is 10.2 Å². The van der Waals surface area contributed by atoms with Crippen molar-refractivity contribution in [1.29, 1.82) is 0 Å². The lowest BCUT2D eigenvalue weighted by Crippen LogP contribution is -2.44. The molecule has 4 nitrogen and oxygen atoms in total. The second-order valence-corrected chi connectivity index (χ2v) is 5.40. The molecule has 2 aliphatic rings. The molecular formula is C14H22N4. The van der Waals surface area contributed by atoms with E-state index in [-0.39, 0.29) is 0 Å². The molecule has 3 rings (SSSR count). The van der Waals surface area contributed by atoms with E-state index in [4.69, 9.17) is 4.98 Å². The second-order valence-electron chi connectivity index (χ2n) is 5.40. The molecule has 1 N–H and O–H groups in total. The lowest BCUT2D eigenvalue weighted by atomic mass is 9.86. The molecule has 0 aromatic carbocycles. The van der Waals surface area contributed by atoms with E-state index in [2.05, 4.69) is 28.3 Å². The smallest absolute Gasteiger partial charge is 0.225 e. The van der Waals surface area contributed by atoms with Gasteiger partial charge in [-0.15, -0.1) is 0 Å². The summed E-state index contributed by atoms with van der Waals surface area (Å²) in [6.07, 6.45) is 6.95. The van der Waals surface area contributed by atoms with E-state index in [0.29, 0.717) is 0 Å². The normalized spacial score (nSPS) is 23.8. The molecule has 0 amide bonds. The van der Waals surface area contributed by atoms with Crippen LogP contribution in [0.1, 0.15) is 31.0 Å². The highest BCUT2D eigenvalue weighted by molar-refractivity contribution is 5.35. The Morgan fingerprint density at radius 1 is 1.39 bits per heavy atom. The highest BCUT2D eigenvalue weighted by Gasteiger charge is 2.21. The topological polar surface area (TPSA) is 41.1 Å². The third-order valence-corrected chi connectivity index (χ3v) is 4.22. The summed E-state index contributed by atoms with van der Waals surface area (Å²) in [6.45, 7) is 6.41. The van der Waals surface area contributed by atoms with Crippen LogP contribution < -0.4 is 10.2 Å². The van der Waals surface area contributed by atoms with E-state index in [1.165, 1.54) is 30.5 Å². The maximum absolute atomic E-state index is 4.79. The summed E-state index contributed by atoms with van der Waals surface area (Å²) >= 11 is 0. The first kappa shape index (κ1) is 11.9. The SMILES string of the molecule is CCC1CCc2nc(N3CCNCC3)ncc2C1. The summed E-state index contributed by atoms with van der Waals surface area (Å²) in [5.41, 5.74) is 2.68. The Morgan fingerprint density at radius 2 is 2.22 bits per heavy atom. The van der Waals surface area contributed by atoms with Crippen LogP contribution in [0.5, 0.6) is 0 Å². The second kappa shape index (κ2) is 5.22. The standard InChI is InChI=1S/C14H22N4/c1-2-11-3-4-13-12(9-11)10-16-14(17-13)18-7-5-15-6-8-18/h10-11,15H,2-9H2,1H3. The molecule has 1 aromatic rings. The Kier molecular flexibility index (Phi) is 3.46. The molecule has 1 aliphatic heterocycles. The lowest BCUT2D eigenvalue weighted by Gasteiger charge is -2.29. The van der Waals surface area contributed by atoms with Gasteiger partial charge in [0.25, 0.3) is 0 Å². The minimum absolute atomic E-state index is 0.839. The molecule has 1 aromatic heterocycles. The van der Waals surface area contributed by atoms with Crippen molar-refractivity contribution < 1.29 is 0 Å². The average molecular weight is 246 g/mol. The van der Waals surface area contributed by atoms with Crippen LogP contribution >= 0.6 is 0 Å². The van der Waals surface area contributed by atoms with Crippen LogP contribution in [0.3, 0.4) is 0 Å². The quantitative estimate of drug-likeness (QED) is 0.856. The van der Waals surface area contributed by atoms with Crippen LogP contribution in [0.4, 0.5) is 5.95 Å². The van der Waals surface area contributed by atoms with Gasteiger partial charge >= 0.3 is 0 Å². The molecule has 0 radical (unpaired) electrons. The van der Waals surface area contributed by atoms with Gasteiger partial charge in [0.1, 0.15) is 0 Å². The highest BCUT2D eigenvalue weighted by Crippen LogP contribution is 2.26. The predicted octanol–water partition coefficient (Wildman–Crippen LogP) is 1.40. The summed E-state index contributed by atoms with van der Waals surface area (Å²) in [5.74, 6) is 1.77. The number of hydrogen-bond donors (Lipinski definition) is 1. The van der Waals surface area contributed by atoms with Gasteiger partial charge in [0, 0.05) is 38.1 Å². The van der Waals surface area contributed by atoms with Crippen molar-refractivity contribution in [3.05, 3.63) is 17.5 Å². The summed E-state index contributed by atoms with van der Waals surface area (Å²) in [4.78, 5) is 11.7. The van der Waals surface area contributed by atoms with E-state index in [1.54, 1.807) is 0 Å². The largest absolute Gasteiger partial charge is 0.338 e. The van der Waals surface area contributed by atoms with Crippen LogP contribution in [0.2, 0.25) is 0 Å². The molecule has 18 heavy (non-hydrogen) atoms. The summed E-state index contributed by atoms with van der Waals surface area (Å²) in [5, 5.41) is 3.36. The third kappa shape index (κ3) is 2.34. The number of piperazine rings is 1. The molecule has 1 unspecified atom stereocenters. The van der Waals surface area contributed by atoms with Crippen molar-refractivity contribution in [2.45, 2.75) is 32.6 Å². The van der Waals surface area contributed by atoms with E-state index >= 15 is 0 Å². The Hall–Kier alpha value is -1.16. The van der Waals surface area contributed by atoms with Gasteiger partial charge in [-0.05, 0) is 30.7 Å². The van der Waals surface area contributed by atoms with Gasteiger partial charge in [0.15, 0.2) is 0 Å². The number of fused-ring (bicyclic) bond motifs is 1. The molecule has 1 aliphatic carbocycles. The van der Waals surface area contributed by atoms with Crippen LogP contribution in [-0.4, -0.2) is 36.1 Å². The summed E-state index contributed by atoms with van der Waals surface area (Å²) < 4.78 is 0. The Balaban J connectivity index is 1.78. The third-order valence-electron chi connectivity index (χ3n) is 4.22. The van der Waals surface area contributed by atoms with Crippen LogP contribution in [0.15, 0.2) is 6.20 Å². The molecule has 1 fully saturated rings. The van der Waals surface area contributed by atoms with Crippen molar-refractivity contribution in [1.82, 2.24) is 15.3 Å². The van der Waals surface area contributed by atoms with Crippen molar-refractivity contribution in [3.8, 4) is 0 Å². The average Bonchev–Trinajstić information content (AvgIpc) is 2.47. The number of aryl methyl sites for hydroxylation is 1. The maximum Gasteiger partial charge on any atom is 0.225 e. The van der Waals surface area contributed by atoms with E-state index in [9.17, 15) is 0 Å². The number of hydrogen-bond acceptors (Lipinski definition) is 4. The molecule has 1 saturated heterocycles. The van der Waals surface area contributed by atoms with Crippen LogP contribution in [-0.2, 0) is 12.8 Å². The minimum atomic E-state index is 0.839. The maximum atomic E-state index is 4.79. The molecule has 0 saturated carbocycles. The number of anilines is 1. The van der Waals surface area contributed by atoms with Crippen molar-refractivity contribution in [3.63, 3.8) is 0 Å². The van der Waals surface area contributed by atoms with Gasteiger partial charge in [-0.25, -0.2) is 9.97 Å². The monoisotopic (exact) mass is 246 g/mol. The van der Waals surface area contributed by atoms with Crippen molar-refractivity contribution in [2.75, 3.05) is 31.1 Å². The first-order chi connectivity index (χ1) is 8.86. The van der Waals surface area contributed by atoms with Crippen LogP contribution in [0, 0.1) is 5.92 Å². The summed E-state index contributed by atoms with van der Waals surface area (Å²) in [6, 6.07) is 0. The number of rotatable bonds is 2. The van der Waals surface area contributed by atoms with Gasteiger partial charge in [-0.3, -0.25) is 0 Å². The zero-order chi connectivity index (χ0) is 12.4. The Morgan fingerprint density at radius 3 is 3.00 bits per heavy atom. The van der Waals surface area contributed by atoms with E-state index in [0.717, 1.165) is 44.5 Å². The van der Waals surface area contributed by atoms with Crippen molar-refractivity contribution >= 4 is 5.95 Å². The fourth-order valence-electron chi connectivity index (χ4n) is 2.94. The highest BCUT2D eigenvalue weighted by atomic mass is 15.3. The predicted molar refractivity (Wildman–Crippen MR) is 72.9 cm³/mol. The minimum Gasteiger partial charge on any atom is -0.338 e. The Bertz CT molecular complexity index is 412. The molecule has 0 spiro atoms. The molecular weight excluding hydrogens is 224 g/mol. The molecule has 98 valence electrons. The van der Waals surface area contributed by atoms with Crippen molar-refractivity contribution in [2.24, 2.45) is 5.92 Å². The van der Waals surface area contributed by atoms with E-state index in [1.807, 2.05) is 0 Å². The van der Waals surface area contributed by atoms with E-state index < -0.39 is 0 Å². The van der Waals surface area contributed by atoms with Gasteiger partial charge in [-0.1, -0.05) is 13.3 Å². The fourth-order valence-corrected chi connectivity index (χ4v) is 2.94. The number of aromatic nitrogens is 2. The first-order valence-electron chi connectivity index (χ1n) is 7.17. The molecule has 2 heterocycles. The number of nitrogens with one attached hydrogen (secondary N) is 1. The zero-order valence-corrected chi connectivity index (χ0v) is 11.2. The fraction of sp³-hybridized carbons (Fsp3) is 0.714.